The molecule has 1 heterocycles. The number of sulfonamides is 1. The van der Waals surface area contributed by atoms with Crippen LogP contribution in [0.4, 0.5) is 5.69 Å². The fraction of sp³-hybridized carbons (Fsp3) is 0.250. The number of rotatable bonds is 5. The molecule has 0 bridgehead atoms. The van der Waals surface area contributed by atoms with E-state index in [4.69, 9.17) is 5.73 Å². The third kappa shape index (κ3) is 3.12. The van der Waals surface area contributed by atoms with Gasteiger partial charge in [-0.3, -0.25) is 4.72 Å². The average molecular weight is 281 g/mol. The van der Waals surface area contributed by atoms with Gasteiger partial charge in [-0.25, -0.2) is 8.42 Å². The first-order valence-corrected chi connectivity index (χ1v) is 7.29. The standard InChI is InChI=1S/C12H15N3O3S/c1-2-12(13)9-4-3-5-11(6-9)19(16,17)15-10-7-14-18-8-10/h3-8,12,15H,2,13H2,1H3. The molecule has 1 atom stereocenters. The van der Waals surface area contributed by atoms with E-state index in [1.54, 1.807) is 12.1 Å². The summed E-state index contributed by atoms with van der Waals surface area (Å²) in [5.41, 5.74) is 6.97. The Morgan fingerprint density at radius 1 is 1.47 bits per heavy atom. The van der Waals surface area contributed by atoms with Crippen molar-refractivity contribution in [2.75, 3.05) is 4.72 Å². The SMILES string of the molecule is CCC(N)c1cccc(S(=O)(=O)Nc2cnoc2)c1. The first-order chi connectivity index (χ1) is 9.03. The molecule has 0 radical (unpaired) electrons. The summed E-state index contributed by atoms with van der Waals surface area (Å²) in [7, 11) is -3.65. The van der Waals surface area contributed by atoms with Gasteiger partial charge in [0, 0.05) is 6.04 Å². The molecule has 0 aliphatic rings. The Bertz CT molecular complexity index is 638. The van der Waals surface area contributed by atoms with Crippen molar-refractivity contribution in [3.05, 3.63) is 42.3 Å². The van der Waals surface area contributed by atoms with Crippen LogP contribution in [0, 0.1) is 0 Å². The molecule has 102 valence electrons. The Balaban J connectivity index is 2.30. The molecule has 3 N–H and O–H groups in total. The van der Waals surface area contributed by atoms with E-state index >= 15 is 0 Å². The number of hydrogen-bond donors (Lipinski definition) is 2. The average Bonchev–Trinajstić information content (AvgIpc) is 2.90. The molecule has 6 nitrogen and oxygen atoms in total. The highest BCUT2D eigenvalue weighted by Crippen LogP contribution is 2.20. The zero-order valence-corrected chi connectivity index (χ0v) is 11.2. The number of nitrogens with two attached hydrogens (primary N) is 1. The van der Waals surface area contributed by atoms with E-state index in [9.17, 15) is 8.42 Å². The summed E-state index contributed by atoms with van der Waals surface area (Å²) < 4.78 is 31.2. The zero-order chi connectivity index (χ0) is 13.9. The summed E-state index contributed by atoms with van der Waals surface area (Å²) in [4.78, 5) is 0.162. The minimum atomic E-state index is -3.65. The Hall–Kier alpha value is -1.86. The third-order valence-corrected chi connectivity index (χ3v) is 4.10. The number of nitrogens with one attached hydrogen (secondary N) is 1. The van der Waals surface area contributed by atoms with Gasteiger partial charge in [-0.05, 0) is 24.1 Å². The number of anilines is 1. The van der Waals surface area contributed by atoms with Crippen LogP contribution in [0.1, 0.15) is 24.9 Å². The van der Waals surface area contributed by atoms with Gasteiger partial charge in [0.05, 0.1) is 11.1 Å². The lowest BCUT2D eigenvalue weighted by molar-refractivity contribution is 0.420. The first kappa shape index (κ1) is 13.6. The highest BCUT2D eigenvalue weighted by atomic mass is 32.2. The molecule has 1 unspecified atom stereocenters. The Morgan fingerprint density at radius 3 is 2.89 bits per heavy atom. The van der Waals surface area contributed by atoms with Crippen molar-refractivity contribution in [3.8, 4) is 0 Å². The summed E-state index contributed by atoms with van der Waals surface area (Å²) in [6.07, 6.45) is 3.25. The molecule has 1 aromatic heterocycles. The third-order valence-electron chi connectivity index (χ3n) is 2.72. The van der Waals surface area contributed by atoms with Crippen LogP contribution in [-0.4, -0.2) is 13.6 Å². The summed E-state index contributed by atoms with van der Waals surface area (Å²) >= 11 is 0. The molecule has 0 saturated carbocycles. The van der Waals surface area contributed by atoms with Gasteiger partial charge in [0.15, 0.2) is 0 Å². The summed E-state index contributed by atoms with van der Waals surface area (Å²) in [6.45, 7) is 1.95. The van der Waals surface area contributed by atoms with E-state index in [0.717, 1.165) is 12.0 Å². The molecule has 0 amide bonds. The molecule has 2 aromatic rings. The lowest BCUT2D eigenvalue weighted by Crippen LogP contribution is -2.14. The maximum Gasteiger partial charge on any atom is 0.262 e. The van der Waals surface area contributed by atoms with Crippen LogP contribution in [0.25, 0.3) is 0 Å². The second kappa shape index (κ2) is 5.41. The lowest BCUT2D eigenvalue weighted by atomic mass is 10.1. The summed E-state index contributed by atoms with van der Waals surface area (Å²) in [5, 5.41) is 3.44. The second-order valence-corrected chi connectivity index (χ2v) is 5.79. The normalized spacial score (nSPS) is 13.2. The van der Waals surface area contributed by atoms with Crippen LogP contribution in [0.5, 0.6) is 0 Å². The molecule has 0 aliphatic heterocycles. The fourth-order valence-corrected chi connectivity index (χ4v) is 2.70. The maximum atomic E-state index is 12.1. The van der Waals surface area contributed by atoms with E-state index in [-0.39, 0.29) is 16.6 Å². The van der Waals surface area contributed by atoms with Crippen molar-refractivity contribution >= 4 is 15.7 Å². The highest BCUT2D eigenvalue weighted by molar-refractivity contribution is 7.92. The van der Waals surface area contributed by atoms with Gasteiger partial charge in [-0.15, -0.1) is 0 Å². The Labute approximate surface area is 111 Å². The summed E-state index contributed by atoms with van der Waals surface area (Å²) in [6, 6.07) is 6.40. The molecule has 0 spiro atoms. The Kier molecular flexibility index (Phi) is 3.87. The fourth-order valence-electron chi connectivity index (χ4n) is 1.62. The molecule has 0 aliphatic carbocycles. The number of hydrogen-bond acceptors (Lipinski definition) is 5. The molecule has 2 rings (SSSR count). The quantitative estimate of drug-likeness (QED) is 0.872. The van der Waals surface area contributed by atoms with Crippen molar-refractivity contribution in [3.63, 3.8) is 0 Å². The van der Waals surface area contributed by atoms with E-state index in [2.05, 4.69) is 14.4 Å². The molecule has 19 heavy (non-hydrogen) atoms. The molecule has 0 saturated heterocycles. The van der Waals surface area contributed by atoms with Crippen LogP contribution in [-0.2, 0) is 10.0 Å². The highest BCUT2D eigenvalue weighted by Gasteiger charge is 2.16. The van der Waals surface area contributed by atoms with Gasteiger partial charge >= 0.3 is 0 Å². The van der Waals surface area contributed by atoms with Gasteiger partial charge in [0.1, 0.15) is 12.0 Å². The van der Waals surface area contributed by atoms with Gasteiger partial charge < -0.3 is 10.3 Å². The number of aromatic nitrogens is 1. The minimum Gasteiger partial charge on any atom is -0.362 e. The van der Waals surface area contributed by atoms with Crippen LogP contribution in [0.3, 0.4) is 0 Å². The topological polar surface area (TPSA) is 98.2 Å². The number of nitrogens with zero attached hydrogens (tertiary/aromatic N) is 1. The molecule has 7 heteroatoms. The van der Waals surface area contributed by atoms with Crippen molar-refractivity contribution in [2.24, 2.45) is 5.73 Å². The second-order valence-electron chi connectivity index (χ2n) is 4.11. The Morgan fingerprint density at radius 2 is 2.26 bits per heavy atom. The van der Waals surface area contributed by atoms with Crippen LogP contribution in [0.2, 0.25) is 0 Å². The van der Waals surface area contributed by atoms with E-state index in [0.29, 0.717) is 0 Å². The molecular formula is C12H15N3O3S. The smallest absolute Gasteiger partial charge is 0.262 e. The first-order valence-electron chi connectivity index (χ1n) is 5.80. The molecule has 0 fully saturated rings. The van der Waals surface area contributed by atoms with Crippen LogP contribution in [0.15, 0.2) is 46.1 Å². The largest absolute Gasteiger partial charge is 0.362 e. The minimum absolute atomic E-state index is 0.162. The number of benzene rings is 1. The molecule has 1 aromatic carbocycles. The lowest BCUT2D eigenvalue weighted by Gasteiger charge is -2.11. The van der Waals surface area contributed by atoms with E-state index in [1.807, 2.05) is 13.0 Å². The van der Waals surface area contributed by atoms with Gasteiger partial charge in [-0.2, -0.15) is 0 Å². The summed E-state index contributed by atoms with van der Waals surface area (Å²) in [5.74, 6) is 0. The van der Waals surface area contributed by atoms with Crippen LogP contribution < -0.4 is 10.5 Å². The predicted molar refractivity (Wildman–Crippen MR) is 71.0 cm³/mol. The van der Waals surface area contributed by atoms with Gasteiger partial charge in [-0.1, -0.05) is 24.2 Å². The van der Waals surface area contributed by atoms with Gasteiger partial charge in [0.25, 0.3) is 10.0 Å². The van der Waals surface area contributed by atoms with Gasteiger partial charge in [0.2, 0.25) is 0 Å². The monoisotopic (exact) mass is 281 g/mol. The van der Waals surface area contributed by atoms with E-state index in [1.165, 1.54) is 18.5 Å². The van der Waals surface area contributed by atoms with E-state index < -0.39 is 10.0 Å². The van der Waals surface area contributed by atoms with Crippen molar-refractivity contribution in [1.82, 2.24) is 5.16 Å². The molecular weight excluding hydrogens is 266 g/mol. The van der Waals surface area contributed by atoms with Crippen molar-refractivity contribution in [1.29, 1.82) is 0 Å². The maximum absolute atomic E-state index is 12.1. The zero-order valence-electron chi connectivity index (χ0n) is 10.4. The predicted octanol–water partition coefficient (Wildman–Crippen LogP) is 1.89. The van der Waals surface area contributed by atoms with Crippen molar-refractivity contribution < 1.29 is 12.9 Å². The van der Waals surface area contributed by atoms with Crippen molar-refractivity contribution in [2.45, 2.75) is 24.3 Å². The van der Waals surface area contributed by atoms with Crippen LogP contribution >= 0.6 is 0 Å².